The maximum atomic E-state index is 9.78. The molecular formula is C12H33N2NaO8S. The minimum absolute atomic E-state index is 0. The van der Waals surface area contributed by atoms with Crippen LogP contribution in [0, 0.1) is 0 Å². The van der Waals surface area contributed by atoms with Crippen molar-refractivity contribution < 1.29 is 66.6 Å². The van der Waals surface area contributed by atoms with Gasteiger partial charge >= 0.3 is 29.6 Å². The number of hydrogen-bond acceptors (Lipinski definition) is 9. The molecule has 0 aromatic heterocycles. The second-order valence-electron chi connectivity index (χ2n) is 3.68. The summed E-state index contributed by atoms with van der Waals surface area (Å²) in [5.41, 5.74) is 0. The van der Waals surface area contributed by atoms with Crippen LogP contribution in [0.3, 0.4) is 0 Å². The molecule has 24 heavy (non-hydrogen) atoms. The third kappa shape index (κ3) is 57.3. The van der Waals surface area contributed by atoms with E-state index in [1.165, 1.54) is 4.90 Å². The Morgan fingerprint density at radius 1 is 1.00 bits per heavy atom. The molecule has 0 rings (SSSR count). The van der Waals surface area contributed by atoms with Crippen LogP contribution in [0.1, 0.15) is 0 Å². The van der Waals surface area contributed by atoms with E-state index >= 15 is 0 Å². The number of ether oxygens (including phenoxy) is 2. The second-order valence-corrected chi connectivity index (χ2v) is 5.42. The van der Waals surface area contributed by atoms with Gasteiger partial charge in [-0.05, 0) is 14.1 Å². The van der Waals surface area contributed by atoms with Crippen molar-refractivity contribution in [3.63, 3.8) is 0 Å². The van der Waals surface area contributed by atoms with E-state index in [9.17, 15) is 13.2 Å². The van der Waals surface area contributed by atoms with E-state index in [1.54, 1.807) is 28.3 Å². The molecule has 146 valence electrons. The van der Waals surface area contributed by atoms with Crippen LogP contribution in [0.2, 0.25) is 0 Å². The zero-order chi connectivity index (χ0) is 20.1. The van der Waals surface area contributed by atoms with Crippen LogP contribution in [-0.4, -0.2) is 106 Å². The molecule has 0 aliphatic rings. The Morgan fingerprint density at radius 3 is 1.21 bits per heavy atom. The minimum Gasteiger partial charge on any atom is -0.857 e. The third-order valence-electron chi connectivity index (χ3n) is 1.34. The number of hydrogen-bond donors (Lipinski definition) is 1. The van der Waals surface area contributed by atoms with Gasteiger partial charge in [0.25, 0.3) is 10.1 Å². The molecule has 0 fully saturated rings. The molecular weight excluding hydrogens is 355 g/mol. The van der Waals surface area contributed by atoms with E-state index in [4.69, 9.17) is 19.7 Å². The minimum atomic E-state index is -3.16. The molecule has 1 amide bonds. The number of methoxy groups -OCH3 is 2. The van der Waals surface area contributed by atoms with Gasteiger partial charge in [0.05, 0.1) is 13.4 Å². The fraction of sp³-hybridized carbons (Fsp3) is 0.917. The smallest absolute Gasteiger partial charge is 0.857 e. The van der Waals surface area contributed by atoms with Crippen LogP contribution >= 0.6 is 0 Å². The summed E-state index contributed by atoms with van der Waals surface area (Å²) in [6.45, 7) is 0. The molecule has 0 aromatic rings. The summed E-state index contributed by atoms with van der Waals surface area (Å²) in [6, 6.07) is 0. The maximum absolute atomic E-state index is 9.78. The SMILES string of the molecule is CN(C)C=O.CO.COC(OC)N(C)C.COS(C)(=O)=O.C[O-].[Na+]. The molecule has 0 spiro atoms. The molecule has 0 saturated carbocycles. The standard InChI is InChI=1S/C5H13NO2.C3H7NO.C2H6O3S.CH4O.CH3O.Na/c1-6(2)5(7-3)8-4;1-4(2)3-5;1-5-6(2,3)4;2*1-2;/h5H,1-4H3;3H,1-2H3;1-2H3;2H,1H3;1H3;/q;;;;-1;+1. The number of nitrogens with zero attached hydrogens (tertiary/aromatic N) is 2. The van der Waals surface area contributed by atoms with Gasteiger partial charge in [-0.25, -0.2) is 0 Å². The first kappa shape index (κ1) is 39.3. The van der Waals surface area contributed by atoms with Crippen molar-refractivity contribution in [2.45, 2.75) is 6.41 Å². The summed E-state index contributed by atoms with van der Waals surface area (Å²) < 4.78 is 33.2. The molecule has 0 aliphatic heterocycles. The largest absolute Gasteiger partial charge is 1.00 e. The van der Waals surface area contributed by atoms with Crippen LogP contribution in [0.4, 0.5) is 0 Å². The predicted octanol–water partition coefficient (Wildman–Crippen LogP) is -4.99. The van der Waals surface area contributed by atoms with Crippen molar-refractivity contribution in [2.24, 2.45) is 0 Å². The van der Waals surface area contributed by atoms with Crippen molar-refractivity contribution >= 4 is 16.5 Å². The normalized spacial score (nSPS) is 8.58. The van der Waals surface area contributed by atoms with Gasteiger partial charge in [0.1, 0.15) is 0 Å². The first-order valence-electron chi connectivity index (χ1n) is 6.00. The van der Waals surface area contributed by atoms with Gasteiger partial charge in [0.2, 0.25) is 12.8 Å². The molecule has 1 N–H and O–H groups in total. The Labute approximate surface area is 169 Å². The topological polar surface area (TPSA) is 129 Å². The molecule has 0 aliphatic carbocycles. The number of amides is 1. The molecule has 0 atom stereocenters. The number of rotatable bonds is 5. The van der Waals surface area contributed by atoms with Crippen molar-refractivity contribution in [3.8, 4) is 0 Å². The van der Waals surface area contributed by atoms with E-state index in [0.29, 0.717) is 0 Å². The van der Waals surface area contributed by atoms with Crippen molar-refractivity contribution in [1.29, 1.82) is 0 Å². The average molecular weight is 388 g/mol. The Hall–Kier alpha value is 0.180. The second kappa shape index (κ2) is 31.0. The summed E-state index contributed by atoms with van der Waals surface area (Å²) in [6.07, 6.45) is 1.53. The summed E-state index contributed by atoms with van der Waals surface area (Å²) in [4.78, 5) is 12.7. The van der Waals surface area contributed by atoms with E-state index < -0.39 is 10.1 Å². The number of carbonyl (C=O) groups excluding carboxylic acids is 1. The van der Waals surface area contributed by atoms with Gasteiger partial charge in [-0.15, -0.1) is 0 Å². The Bertz CT molecular complexity index is 299. The van der Waals surface area contributed by atoms with Crippen LogP contribution in [0.5, 0.6) is 0 Å². The van der Waals surface area contributed by atoms with E-state index in [0.717, 1.165) is 34.0 Å². The van der Waals surface area contributed by atoms with Crippen molar-refractivity contribution in [2.75, 3.05) is 70.0 Å². The van der Waals surface area contributed by atoms with Crippen molar-refractivity contribution in [1.82, 2.24) is 9.80 Å². The quantitative estimate of drug-likeness (QED) is 0.213. The van der Waals surface area contributed by atoms with E-state index in [2.05, 4.69) is 4.18 Å². The van der Waals surface area contributed by atoms with Crippen molar-refractivity contribution in [3.05, 3.63) is 0 Å². The van der Waals surface area contributed by atoms with Gasteiger partial charge < -0.3 is 24.6 Å². The molecule has 0 heterocycles. The summed E-state index contributed by atoms with van der Waals surface area (Å²) in [7, 11) is 10.1. The zero-order valence-corrected chi connectivity index (χ0v) is 19.6. The molecule has 0 aromatic carbocycles. The van der Waals surface area contributed by atoms with Gasteiger partial charge in [0, 0.05) is 35.4 Å². The molecule has 0 saturated heterocycles. The predicted molar refractivity (Wildman–Crippen MR) is 87.2 cm³/mol. The van der Waals surface area contributed by atoms with Gasteiger partial charge in [-0.2, -0.15) is 15.5 Å². The van der Waals surface area contributed by atoms with Crippen LogP contribution in [0.15, 0.2) is 0 Å². The van der Waals surface area contributed by atoms with E-state index in [1.807, 2.05) is 19.0 Å². The average Bonchev–Trinajstić information content (AvgIpc) is 2.52. The summed E-state index contributed by atoms with van der Waals surface area (Å²) in [5, 5.41) is 15.2. The summed E-state index contributed by atoms with van der Waals surface area (Å²) in [5.74, 6) is 0. The fourth-order valence-electron chi connectivity index (χ4n) is 0.518. The van der Waals surface area contributed by atoms with Crippen LogP contribution < -0.4 is 34.7 Å². The molecule has 10 nitrogen and oxygen atoms in total. The van der Waals surface area contributed by atoms with E-state index in [-0.39, 0.29) is 36.0 Å². The Balaban J connectivity index is -0.0000000458. The number of aliphatic hydroxyl groups excluding tert-OH is 1. The Kier molecular flexibility index (Phi) is 50.8. The third-order valence-corrected chi connectivity index (χ3v) is 1.94. The fourth-order valence-corrected chi connectivity index (χ4v) is 0.518. The maximum Gasteiger partial charge on any atom is 1.00 e. The van der Waals surface area contributed by atoms with Crippen LogP contribution in [0.25, 0.3) is 0 Å². The monoisotopic (exact) mass is 388 g/mol. The number of carbonyl (C=O) groups is 1. The summed E-state index contributed by atoms with van der Waals surface area (Å²) >= 11 is 0. The van der Waals surface area contributed by atoms with Gasteiger partial charge in [-0.3, -0.25) is 13.9 Å². The molecule has 0 radical (unpaired) electrons. The number of aliphatic hydroxyl groups is 1. The zero-order valence-electron chi connectivity index (χ0n) is 16.8. The first-order chi connectivity index (χ1) is 10.5. The van der Waals surface area contributed by atoms with Gasteiger partial charge in [-0.1, -0.05) is 0 Å². The van der Waals surface area contributed by atoms with Crippen LogP contribution in [-0.2, 0) is 28.6 Å². The molecule has 0 bridgehead atoms. The molecule has 12 heteroatoms. The molecule has 0 unspecified atom stereocenters. The first-order valence-corrected chi connectivity index (χ1v) is 7.82. The Morgan fingerprint density at radius 2 is 1.21 bits per heavy atom. The van der Waals surface area contributed by atoms with Gasteiger partial charge in [0.15, 0.2) is 0 Å².